The molecule has 2 aliphatic rings. The van der Waals surface area contributed by atoms with E-state index >= 15 is 0 Å². The van der Waals surface area contributed by atoms with Gasteiger partial charge in [0.1, 0.15) is 11.9 Å². The summed E-state index contributed by atoms with van der Waals surface area (Å²) in [6, 6.07) is 6.32. The van der Waals surface area contributed by atoms with Crippen molar-refractivity contribution in [2.75, 3.05) is 13.1 Å². The van der Waals surface area contributed by atoms with Crippen LogP contribution in [0.2, 0.25) is 0 Å². The first-order valence-corrected chi connectivity index (χ1v) is 5.99. The van der Waals surface area contributed by atoms with Gasteiger partial charge >= 0.3 is 0 Å². The van der Waals surface area contributed by atoms with Crippen LogP contribution in [0.25, 0.3) is 0 Å². The van der Waals surface area contributed by atoms with Gasteiger partial charge in [-0.2, -0.15) is 0 Å². The van der Waals surface area contributed by atoms with E-state index in [1.54, 1.807) is 0 Å². The molecule has 0 atom stereocenters. The minimum absolute atomic E-state index is 0.377. The standard InChI is InChI=1S/C13H17NO2/c1-2-13(7-11-9-15-8-10(1)11)16-12-3-5-14-6-4-12/h1-2,7,12,14H,3-6,8-9H2. The van der Waals surface area contributed by atoms with E-state index < -0.39 is 0 Å². The molecule has 1 N–H and O–H groups in total. The van der Waals surface area contributed by atoms with E-state index in [-0.39, 0.29) is 0 Å². The predicted molar refractivity (Wildman–Crippen MR) is 61.5 cm³/mol. The summed E-state index contributed by atoms with van der Waals surface area (Å²) < 4.78 is 11.4. The van der Waals surface area contributed by atoms with Crippen molar-refractivity contribution in [3.63, 3.8) is 0 Å². The van der Waals surface area contributed by atoms with Crippen molar-refractivity contribution in [1.82, 2.24) is 5.32 Å². The number of benzene rings is 1. The molecule has 16 heavy (non-hydrogen) atoms. The van der Waals surface area contributed by atoms with E-state index in [0.29, 0.717) is 6.10 Å². The molecule has 1 aromatic rings. The number of nitrogens with one attached hydrogen (secondary N) is 1. The van der Waals surface area contributed by atoms with Crippen LogP contribution >= 0.6 is 0 Å². The molecule has 86 valence electrons. The normalized spacial score (nSPS) is 20.8. The summed E-state index contributed by atoms with van der Waals surface area (Å²) in [4.78, 5) is 0. The maximum absolute atomic E-state index is 5.98. The Balaban J connectivity index is 1.69. The van der Waals surface area contributed by atoms with Gasteiger partial charge < -0.3 is 14.8 Å². The lowest BCUT2D eigenvalue weighted by molar-refractivity contribution is 0.134. The fourth-order valence-corrected chi connectivity index (χ4v) is 2.33. The molecule has 0 aliphatic carbocycles. The molecule has 0 saturated carbocycles. The Hall–Kier alpha value is -1.06. The molecule has 1 fully saturated rings. The highest BCUT2D eigenvalue weighted by Crippen LogP contribution is 2.25. The van der Waals surface area contributed by atoms with Crippen LogP contribution in [0.4, 0.5) is 0 Å². The zero-order valence-electron chi connectivity index (χ0n) is 9.37. The summed E-state index contributed by atoms with van der Waals surface area (Å²) in [5.41, 5.74) is 2.59. The summed E-state index contributed by atoms with van der Waals surface area (Å²) in [5.74, 6) is 0.996. The molecule has 2 aliphatic heterocycles. The smallest absolute Gasteiger partial charge is 0.120 e. The van der Waals surface area contributed by atoms with E-state index in [9.17, 15) is 0 Å². The van der Waals surface area contributed by atoms with Crippen LogP contribution in [0.15, 0.2) is 18.2 Å². The highest BCUT2D eigenvalue weighted by atomic mass is 16.5. The minimum atomic E-state index is 0.377. The van der Waals surface area contributed by atoms with Gasteiger partial charge in [-0.05, 0) is 49.2 Å². The van der Waals surface area contributed by atoms with Crippen molar-refractivity contribution >= 4 is 0 Å². The van der Waals surface area contributed by atoms with Gasteiger partial charge in [0.05, 0.1) is 13.2 Å². The van der Waals surface area contributed by atoms with Crippen LogP contribution in [-0.4, -0.2) is 19.2 Å². The van der Waals surface area contributed by atoms with Gasteiger partial charge in [0.2, 0.25) is 0 Å². The summed E-state index contributed by atoms with van der Waals surface area (Å²) in [7, 11) is 0. The van der Waals surface area contributed by atoms with Gasteiger partial charge in [0, 0.05) is 0 Å². The second kappa shape index (κ2) is 4.44. The summed E-state index contributed by atoms with van der Waals surface area (Å²) in [5, 5.41) is 3.34. The molecule has 2 heterocycles. The first-order chi connectivity index (χ1) is 7.92. The van der Waals surface area contributed by atoms with Crippen LogP contribution in [0, 0.1) is 0 Å². The maximum atomic E-state index is 5.98. The lowest BCUT2D eigenvalue weighted by Crippen LogP contribution is -2.34. The lowest BCUT2D eigenvalue weighted by Gasteiger charge is -2.24. The first kappa shape index (κ1) is 10.1. The van der Waals surface area contributed by atoms with Crippen molar-refractivity contribution in [3.05, 3.63) is 29.3 Å². The molecule has 0 radical (unpaired) electrons. The SMILES string of the molecule is c1cc2c(cc1OC1CCNCC1)COC2. The monoisotopic (exact) mass is 219 g/mol. The van der Waals surface area contributed by atoms with Crippen LogP contribution in [-0.2, 0) is 18.0 Å². The third kappa shape index (κ3) is 2.06. The quantitative estimate of drug-likeness (QED) is 0.823. The van der Waals surface area contributed by atoms with Gasteiger partial charge in [-0.3, -0.25) is 0 Å². The maximum Gasteiger partial charge on any atom is 0.120 e. The number of piperidine rings is 1. The fraction of sp³-hybridized carbons (Fsp3) is 0.538. The van der Waals surface area contributed by atoms with Gasteiger partial charge in [-0.25, -0.2) is 0 Å². The molecule has 0 spiro atoms. The van der Waals surface area contributed by atoms with Crippen LogP contribution in [0.1, 0.15) is 24.0 Å². The largest absolute Gasteiger partial charge is 0.490 e. The molecule has 0 amide bonds. The number of hydrogen-bond acceptors (Lipinski definition) is 3. The molecule has 1 saturated heterocycles. The van der Waals surface area contributed by atoms with Crippen LogP contribution in [0.3, 0.4) is 0 Å². The molecule has 1 aromatic carbocycles. The van der Waals surface area contributed by atoms with E-state index in [0.717, 1.165) is 44.9 Å². The molecular formula is C13H17NO2. The van der Waals surface area contributed by atoms with Crippen molar-refractivity contribution in [3.8, 4) is 5.75 Å². The Morgan fingerprint density at radius 1 is 1.12 bits per heavy atom. The molecule has 0 unspecified atom stereocenters. The molecule has 3 heteroatoms. The van der Waals surface area contributed by atoms with Gasteiger partial charge in [0.25, 0.3) is 0 Å². The Kier molecular flexibility index (Phi) is 2.80. The zero-order chi connectivity index (χ0) is 10.8. The fourth-order valence-electron chi connectivity index (χ4n) is 2.33. The van der Waals surface area contributed by atoms with Gasteiger partial charge in [-0.1, -0.05) is 6.07 Å². The Morgan fingerprint density at radius 2 is 1.94 bits per heavy atom. The topological polar surface area (TPSA) is 30.5 Å². The minimum Gasteiger partial charge on any atom is -0.490 e. The Morgan fingerprint density at radius 3 is 2.81 bits per heavy atom. The predicted octanol–water partition coefficient (Wildman–Crippen LogP) is 1.85. The molecule has 3 nitrogen and oxygen atoms in total. The summed E-state index contributed by atoms with van der Waals surface area (Å²) in [6.07, 6.45) is 2.59. The second-order valence-electron chi connectivity index (χ2n) is 4.49. The second-order valence-corrected chi connectivity index (χ2v) is 4.49. The Bertz CT molecular complexity index is 372. The molecule has 0 bridgehead atoms. The Labute approximate surface area is 95.8 Å². The zero-order valence-corrected chi connectivity index (χ0v) is 9.37. The van der Waals surface area contributed by atoms with Crippen molar-refractivity contribution in [2.45, 2.75) is 32.2 Å². The van der Waals surface area contributed by atoms with E-state index in [2.05, 4.69) is 23.5 Å². The van der Waals surface area contributed by atoms with Crippen LogP contribution < -0.4 is 10.1 Å². The van der Waals surface area contributed by atoms with Crippen molar-refractivity contribution in [1.29, 1.82) is 0 Å². The van der Waals surface area contributed by atoms with E-state index in [4.69, 9.17) is 9.47 Å². The molecular weight excluding hydrogens is 202 g/mol. The third-order valence-electron chi connectivity index (χ3n) is 3.28. The summed E-state index contributed by atoms with van der Waals surface area (Å²) >= 11 is 0. The number of fused-ring (bicyclic) bond motifs is 1. The average Bonchev–Trinajstić information content (AvgIpc) is 2.77. The van der Waals surface area contributed by atoms with Crippen LogP contribution in [0.5, 0.6) is 5.75 Å². The molecule has 3 rings (SSSR count). The third-order valence-corrected chi connectivity index (χ3v) is 3.28. The summed E-state index contributed by atoms with van der Waals surface area (Å²) in [6.45, 7) is 3.62. The number of rotatable bonds is 2. The lowest BCUT2D eigenvalue weighted by atomic mass is 10.1. The number of hydrogen-bond donors (Lipinski definition) is 1. The van der Waals surface area contributed by atoms with Gasteiger partial charge in [-0.15, -0.1) is 0 Å². The van der Waals surface area contributed by atoms with Gasteiger partial charge in [0.15, 0.2) is 0 Å². The molecule has 0 aromatic heterocycles. The average molecular weight is 219 g/mol. The van der Waals surface area contributed by atoms with Crippen molar-refractivity contribution in [2.24, 2.45) is 0 Å². The number of ether oxygens (including phenoxy) is 2. The van der Waals surface area contributed by atoms with Crippen molar-refractivity contribution < 1.29 is 9.47 Å². The highest BCUT2D eigenvalue weighted by Gasteiger charge is 2.16. The van der Waals surface area contributed by atoms with E-state index in [1.165, 1.54) is 11.1 Å². The first-order valence-electron chi connectivity index (χ1n) is 5.99. The highest BCUT2D eigenvalue weighted by molar-refractivity contribution is 5.36. The van der Waals surface area contributed by atoms with E-state index in [1.807, 2.05) is 0 Å².